The van der Waals surface area contributed by atoms with Crippen LogP contribution in [0.15, 0.2) is 48.9 Å². The van der Waals surface area contributed by atoms with Crippen molar-refractivity contribution in [1.82, 2.24) is 29.5 Å². The summed E-state index contributed by atoms with van der Waals surface area (Å²) >= 11 is 0. The number of benzene rings is 1. The molecule has 1 unspecified atom stereocenters. The van der Waals surface area contributed by atoms with Gasteiger partial charge in [0.15, 0.2) is 0 Å². The Morgan fingerprint density at radius 3 is 3.00 bits per heavy atom. The molecule has 4 aromatic rings. The molecule has 1 aliphatic rings. The Hall–Kier alpha value is -3.35. The van der Waals surface area contributed by atoms with Gasteiger partial charge in [0.1, 0.15) is 12.0 Å². The van der Waals surface area contributed by atoms with E-state index in [1.165, 1.54) is 6.33 Å². The van der Waals surface area contributed by atoms with Gasteiger partial charge < -0.3 is 4.90 Å². The Bertz CT molecular complexity index is 1180. The minimum Gasteiger partial charge on any atom is -0.337 e. The Kier molecular flexibility index (Phi) is 4.00. The lowest BCUT2D eigenvalue weighted by molar-refractivity contribution is 0.0701. The molecule has 1 fully saturated rings. The number of rotatable bonds is 2. The standard InChI is InChI=1S/C21H20N6O/c1-14-11-18(27-21(25-14)23-13-24-27)16-6-4-10-26(12-16)20(28)19-17-7-3-2-5-15(17)8-9-22-19/h2-3,5,7-9,11,13,16H,4,6,10,12H2,1H3. The van der Waals surface area contributed by atoms with Gasteiger partial charge in [-0.2, -0.15) is 10.1 Å². The molecule has 3 aromatic heterocycles. The first-order valence-corrected chi connectivity index (χ1v) is 9.51. The molecule has 28 heavy (non-hydrogen) atoms. The Morgan fingerprint density at radius 2 is 2.07 bits per heavy atom. The number of likely N-dealkylation sites (tertiary alicyclic amines) is 1. The van der Waals surface area contributed by atoms with Crippen LogP contribution in [0.5, 0.6) is 0 Å². The topological polar surface area (TPSA) is 76.3 Å². The highest BCUT2D eigenvalue weighted by Gasteiger charge is 2.29. The van der Waals surface area contributed by atoms with E-state index in [9.17, 15) is 4.79 Å². The van der Waals surface area contributed by atoms with Gasteiger partial charge in [-0.15, -0.1) is 0 Å². The van der Waals surface area contributed by atoms with Crippen molar-refractivity contribution in [3.05, 3.63) is 66.0 Å². The van der Waals surface area contributed by atoms with E-state index < -0.39 is 0 Å². The first-order chi connectivity index (χ1) is 13.7. The molecule has 0 bridgehead atoms. The maximum Gasteiger partial charge on any atom is 0.273 e. The zero-order chi connectivity index (χ0) is 19.1. The van der Waals surface area contributed by atoms with Gasteiger partial charge in [-0.25, -0.2) is 9.50 Å². The maximum atomic E-state index is 13.3. The fourth-order valence-electron chi connectivity index (χ4n) is 4.09. The smallest absolute Gasteiger partial charge is 0.273 e. The predicted octanol–water partition coefficient (Wildman–Crippen LogP) is 3.00. The van der Waals surface area contributed by atoms with Crippen molar-refractivity contribution >= 4 is 22.5 Å². The van der Waals surface area contributed by atoms with Crippen LogP contribution in [0.25, 0.3) is 16.6 Å². The number of carbonyl (C=O) groups excluding carboxylic acids is 1. The summed E-state index contributed by atoms with van der Waals surface area (Å²) in [6, 6.07) is 11.9. The Labute approximate surface area is 162 Å². The van der Waals surface area contributed by atoms with E-state index in [-0.39, 0.29) is 11.8 Å². The summed E-state index contributed by atoms with van der Waals surface area (Å²) in [5.41, 5.74) is 2.49. The van der Waals surface area contributed by atoms with E-state index in [2.05, 4.69) is 26.1 Å². The third kappa shape index (κ3) is 2.79. The van der Waals surface area contributed by atoms with Crippen LogP contribution in [0.2, 0.25) is 0 Å². The normalized spacial score (nSPS) is 17.3. The van der Waals surface area contributed by atoms with Crippen LogP contribution in [0.4, 0.5) is 0 Å². The fourth-order valence-corrected chi connectivity index (χ4v) is 4.09. The number of aromatic nitrogens is 5. The van der Waals surface area contributed by atoms with Gasteiger partial charge >= 0.3 is 0 Å². The zero-order valence-electron chi connectivity index (χ0n) is 15.6. The highest BCUT2D eigenvalue weighted by Crippen LogP contribution is 2.29. The van der Waals surface area contributed by atoms with Crippen LogP contribution in [0.3, 0.4) is 0 Å². The van der Waals surface area contributed by atoms with Crippen molar-refractivity contribution in [2.45, 2.75) is 25.7 Å². The molecule has 1 aliphatic heterocycles. The average molecular weight is 372 g/mol. The molecular formula is C21H20N6O. The molecular weight excluding hydrogens is 352 g/mol. The number of aryl methyl sites for hydroxylation is 1. The molecule has 0 aliphatic carbocycles. The summed E-state index contributed by atoms with van der Waals surface area (Å²) in [6.45, 7) is 3.34. The van der Waals surface area contributed by atoms with Gasteiger partial charge in [0.25, 0.3) is 11.7 Å². The molecule has 1 amide bonds. The van der Waals surface area contributed by atoms with E-state index in [4.69, 9.17) is 0 Å². The number of pyridine rings is 1. The molecule has 0 N–H and O–H groups in total. The van der Waals surface area contributed by atoms with Gasteiger partial charge in [0.05, 0.1) is 5.69 Å². The van der Waals surface area contributed by atoms with Crippen molar-refractivity contribution in [2.75, 3.05) is 13.1 Å². The highest BCUT2D eigenvalue weighted by atomic mass is 16.2. The molecule has 1 atom stereocenters. The van der Waals surface area contributed by atoms with Crippen molar-refractivity contribution in [2.24, 2.45) is 0 Å². The summed E-state index contributed by atoms with van der Waals surface area (Å²) in [4.78, 5) is 28.3. The van der Waals surface area contributed by atoms with Gasteiger partial charge in [-0.1, -0.05) is 24.3 Å². The monoisotopic (exact) mass is 372 g/mol. The third-order valence-electron chi connectivity index (χ3n) is 5.41. The second-order valence-electron chi connectivity index (χ2n) is 7.27. The lowest BCUT2D eigenvalue weighted by atomic mass is 9.93. The molecule has 5 rings (SSSR count). The number of piperidine rings is 1. The zero-order valence-corrected chi connectivity index (χ0v) is 15.6. The Morgan fingerprint density at radius 1 is 1.18 bits per heavy atom. The summed E-state index contributed by atoms with van der Waals surface area (Å²) in [7, 11) is 0. The van der Waals surface area contributed by atoms with Gasteiger partial charge in [-0.05, 0) is 37.3 Å². The van der Waals surface area contributed by atoms with Crippen LogP contribution in [-0.4, -0.2) is 48.5 Å². The van der Waals surface area contributed by atoms with E-state index in [1.807, 2.05) is 42.2 Å². The summed E-state index contributed by atoms with van der Waals surface area (Å²) in [5.74, 6) is 0.787. The largest absolute Gasteiger partial charge is 0.337 e. The molecule has 0 saturated carbocycles. The minimum absolute atomic E-state index is 0.0119. The summed E-state index contributed by atoms with van der Waals surface area (Å²) in [5, 5.41) is 6.26. The van der Waals surface area contributed by atoms with E-state index >= 15 is 0 Å². The number of nitrogens with zero attached hydrogens (tertiary/aromatic N) is 6. The summed E-state index contributed by atoms with van der Waals surface area (Å²) in [6.07, 6.45) is 5.18. The maximum absolute atomic E-state index is 13.3. The number of hydrogen-bond donors (Lipinski definition) is 0. The second kappa shape index (κ2) is 6.67. The molecule has 1 saturated heterocycles. The second-order valence-corrected chi connectivity index (χ2v) is 7.27. The quantitative estimate of drug-likeness (QED) is 0.541. The molecule has 0 radical (unpaired) electrons. The fraction of sp³-hybridized carbons (Fsp3) is 0.286. The molecule has 1 aromatic carbocycles. The SMILES string of the molecule is Cc1cc(C2CCCN(C(=O)c3nccc4ccccc34)C2)n2ncnc2n1. The van der Waals surface area contributed by atoms with Gasteiger partial charge in [-0.3, -0.25) is 9.78 Å². The van der Waals surface area contributed by atoms with Crippen LogP contribution >= 0.6 is 0 Å². The Balaban J connectivity index is 1.48. The number of fused-ring (bicyclic) bond motifs is 2. The lowest BCUT2D eigenvalue weighted by Crippen LogP contribution is -2.40. The first kappa shape index (κ1) is 16.8. The highest BCUT2D eigenvalue weighted by molar-refractivity contribution is 6.05. The van der Waals surface area contributed by atoms with E-state index in [0.29, 0.717) is 18.0 Å². The van der Waals surface area contributed by atoms with Crippen LogP contribution in [0.1, 0.15) is 40.6 Å². The predicted molar refractivity (Wildman–Crippen MR) is 105 cm³/mol. The van der Waals surface area contributed by atoms with Crippen molar-refractivity contribution in [1.29, 1.82) is 0 Å². The van der Waals surface area contributed by atoms with Gasteiger partial charge in [0.2, 0.25) is 0 Å². The lowest BCUT2D eigenvalue weighted by Gasteiger charge is -2.33. The van der Waals surface area contributed by atoms with Gasteiger partial charge in [0, 0.05) is 36.3 Å². The van der Waals surface area contributed by atoms with Crippen LogP contribution in [0, 0.1) is 6.92 Å². The first-order valence-electron chi connectivity index (χ1n) is 9.51. The van der Waals surface area contributed by atoms with Crippen molar-refractivity contribution in [3.63, 3.8) is 0 Å². The van der Waals surface area contributed by atoms with Crippen molar-refractivity contribution < 1.29 is 4.79 Å². The molecule has 7 nitrogen and oxygen atoms in total. The molecule has 4 heterocycles. The molecule has 0 spiro atoms. The van der Waals surface area contributed by atoms with Crippen molar-refractivity contribution in [3.8, 4) is 0 Å². The van der Waals surface area contributed by atoms with Crippen LogP contribution in [-0.2, 0) is 0 Å². The minimum atomic E-state index is -0.0119. The van der Waals surface area contributed by atoms with E-state index in [0.717, 1.165) is 41.5 Å². The summed E-state index contributed by atoms with van der Waals surface area (Å²) < 4.78 is 1.79. The number of hydrogen-bond acceptors (Lipinski definition) is 5. The third-order valence-corrected chi connectivity index (χ3v) is 5.41. The molecule has 140 valence electrons. The average Bonchev–Trinajstić information content (AvgIpc) is 3.20. The van der Waals surface area contributed by atoms with E-state index in [1.54, 1.807) is 10.7 Å². The number of amides is 1. The molecule has 7 heteroatoms. The number of carbonyl (C=O) groups is 1. The van der Waals surface area contributed by atoms with Crippen LogP contribution < -0.4 is 0 Å².